The Hall–Kier alpha value is -0.420. The molecule has 0 aliphatic carbocycles. The van der Waals surface area contributed by atoms with E-state index in [-0.39, 0.29) is 5.82 Å². The molecule has 1 nitrogen and oxygen atoms in total. The Morgan fingerprint density at radius 3 is 2.64 bits per heavy atom. The van der Waals surface area contributed by atoms with Crippen molar-refractivity contribution in [3.05, 3.63) is 44.8 Å². The molecule has 1 atom stereocenters. The summed E-state index contributed by atoms with van der Waals surface area (Å²) in [5.41, 5.74) is 1.78. The highest BCUT2D eigenvalue weighted by Crippen LogP contribution is 2.22. The number of aliphatic hydroxyl groups excluding tert-OH is 1. The highest BCUT2D eigenvalue weighted by atomic mass is 127. The number of rotatable bonds is 2. The van der Waals surface area contributed by atoms with Crippen molar-refractivity contribution in [1.29, 1.82) is 0 Å². The lowest BCUT2D eigenvalue weighted by Gasteiger charge is -2.09. The Morgan fingerprint density at radius 1 is 1.50 bits per heavy atom. The number of allylic oxidation sites excluding steroid dienone is 1. The number of halogens is 2. The molecule has 0 amide bonds. The average molecular weight is 306 g/mol. The van der Waals surface area contributed by atoms with Gasteiger partial charge in [0.2, 0.25) is 0 Å². The van der Waals surface area contributed by atoms with Gasteiger partial charge in [0, 0.05) is 3.57 Å². The summed E-state index contributed by atoms with van der Waals surface area (Å²) in [6.07, 6.45) is 1.10. The van der Waals surface area contributed by atoms with Crippen molar-refractivity contribution in [2.75, 3.05) is 0 Å². The first-order valence-electron chi connectivity index (χ1n) is 4.28. The fraction of sp³-hybridized carbons (Fsp3) is 0.273. The van der Waals surface area contributed by atoms with Gasteiger partial charge in [-0.1, -0.05) is 17.7 Å². The molecule has 14 heavy (non-hydrogen) atoms. The van der Waals surface area contributed by atoms with E-state index < -0.39 is 6.10 Å². The van der Waals surface area contributed by atoms with Crippen molar-refractivity contribution in [3.8, 4) is 0 Å². The average Bonchev–Trinajstić information content (AvgIpc) is 2.01. The van der Waals surface area contributed by atoms with Crippen LogP contribution >= 0.6 is 22.6 Å². The quantitative estimate of drug-likeness (QED) is 0.655. The van der Waals surface area contributed by atoms with Crippen LogP contribution in [-0.2, 0) is 0 Å². The van der Waals surface area contributed by atoms with Crippen molar-refractivity contribution in [2.45, 2.75) is 20.0 Å². The van der Waals surface area contributed by atoms with Crippen LogP contribution in [0.4, 0.5) is 4.39 Å². The predicted octanol–water partition coefficient (Wildman–Crippen LogP) is 3.43. The lowest BCUT2D eigenvalue weighted by atomic mass is 10.1. The second-order valence-electron chi connectivity index (χ2n) is 3.35. The molecule has 0 fully saturated rings. The summed E-state index contributed by atoms with van der Waals surface area (Å²) < 4.78 is 13.5. The van der Waals surface area contributed by atoms with E-state index in [0.717, 1.165) is 14.7 Å². The first kappa shape index (κ1) is 11.7. The summed E-state index contributed by atoms with van der Waals surface area (Å²) in [7, 11) is 0. The first-order valence-corrected chi connectivity index (χ1v) is 5.36. The molecule has 0 spiro atoms. The zero-order valence-electron chi connectivity index (χ0n) is 8.09. The van der Waals surface area contributed by atoms with Gasteiger partial charge >= 0.3 is 0 Å². The highest BCUT2D eigenvalue weighted by Gasteiger charge is 2.08. The Balaban J connectivity index is 3.02. The molecule has 1 aromatic carbocycles. The van der Waals surface area contributed by atoms with E-state index in [2.05, 4.69) is 0 Å². The van der Waals surface area contributed by atoms with Crippen molar-refractivity contribution < 1.29 is 9.50 Å². The zero-order valence-corrected chi connectivity index (χ0v) is 10.2. The van der Waals surface area contributed by atoms with Gasteiger partial charge in [-0.2, -0.15) is 0 Å². The van der Waals surface area contributed by atoms with Gasteiger partial charge in [0.25, 0.3) is 0 Å². The topological polar surface area (TPSA) is 20.2 Å². The van der Waals surface area contributed by atoms with Gasteiger partial charge in [-0.25, -0.2) is 4.39 Å². The van der Waals surface area contributed by atoms with Crippen molar-refractivity contribution >= 4 is 22.6 Å². The molecule has 0 radical (unpaired) electrons. The van der Waals surface area contributed by atoms with Crippen LogP contribution in [0.1, 0.15) is 25.5 Å². The largest absolute Gasteiger partial charge is 0.384 e. The third-order valence-corrected chi connectivity index (χ3v) is 2.71. The van der Waals surface area contributed by atoms with Crippen LogP contribution in [0.3, 0.4) is 0 Å². The third-order valence-electron chi connectivity index (χ3n) is 1.77. The standard InChI is InChI=1S/C11H12FIO/c1-7(2)5-11(14)9-4-3-8(12)6-10(9)13/h3-6,11,14H,1-2H3. The van der Waals surface area contributed by atoms with Gasteiger partial charge in [-0.05, 0) is 54.1 Å². The summed E-state index contributed by atoms with van der Waals surface area (Å²) in [5.74, 6) is -0.275. The molecule has 1 aromatic rings. The molecule has 0 saturated heterocycles. The lowest BCUT2D eigenvalue weighted by molar-refractivity contribution is 0.226. The second kappa shape index (κ2) is 4.89. The summed E-state index contributed by atoms with van der Waals surface area (Å²) >= 11 is 2.02. The zero-order chi connectivity index (χ0) is 10.7. The third kappa shape index (κ3) is 3.06. The molecule has 3 heteroatoms. The molecule has 1 rings (SSSR count). The summed E-state index contributed by atoms with van der Waals surface area (Å²) in [6.45, 7) is 3.83. The van der Waals surface area contributed by atoms with Crippen molar-refractivity contribution in [3.63, 3.8) is 0 Å². The molecular formula is C11H12FIO. The van der Waals surface area contributed by atoms with E-state index in [4.69, 9.17) is 0 Å². The minimum absolute atomic E-state index is 0.275. The SMILES string of the molecule is CC(C)=CC(O)c1ccc(F)cc1I. The van der Waals surface area contributed by atoms with Crippen LogP contribution in [0.2, 0.25) is 0 Å². The van der Waals surface area contributed by atoms with Gasteiger partial charge < -0.3 is 5.11 Å². The molecule has 0 aliphatic rings. The molecule has 1 unspecified atom stereocenters. The lowest BCUT2D eigenvalue weighted by Crippen LogP contribution is -1.97. The fourth-order valence-corrected chi connectivity index (χ4v) is 1.94. The van der Waals surface area contributed by atoms with Crippen LogP contribution in [-0.4, -0.2) is 5.11 Å². The summed E-state index contributed by atoms with van der Waals surface area (Å²) in [4.78, 5) is 0. The van der Waals surface area contributed by atoms with E-state index in [1.54, 1.807) is 12.1 Å². The first-order chi connectivity index (χ1) is 6.50. The molecule has 1 N–H and O–H groups in total. The normalized spacial score (nSPS) is 12.4. The Labute approximate surface area is 96.8 Å². The smallest absolute Gasteiger partial charge is 0.124 e. The van der Waals surface area contributed by atoms with E-state index >= 15 is 0 Å². The molecule has 0 aromatic heterocycles. The molecule has 0 aliphatic heterocycles. The number of aliphatic hydroxyl groups is 1. The Kier molecular flexibility index (Phi) is 4.07. The minimum Gasteiger partial charge on any atom is -0.384 e. The fourth-order valence-electron chi connectivity index (χ4n) is 1.15. The van der Waals surface area contributed by atoms with Gasteiger partial charge in [-0.3, -0.25) is 0 Å². The molecule has 0 bridgehead atoms. The maximum Gasteiger partial charge on any atom is 0.124 e. The Morgan fingerprint density at radius 2 is 2.14 bits per heavy atom. The van der Waals surface area contributed by atoms with Gasteiger partial charge in [-0.15, -0.1) is 0 Å². The molecule has 0 saturated carbocycles. The van der Waals surface area contributed by atoms with E-state index in [9.17, 15) is 9.50 Å². The van der Waals surface area contributed by atoms with Crippen LogP contribution in [0.15, 0.2) is 29.8 Å². The predicted molar refractivity (Wildman–Crippen MR) is 63.5 cm³/mol. The van der Waals surface area contributed by atoms with E-state index in [1.807, 2.05) is 36.4 Å². The van der Waals surface area contributed by atoms with Crippen molar-refractivity contribution in [2.24, 2.45) is 0 Å². The maximum atomic E-state index is 12.8. The molecular weight excluding hydrogens is 294 g/mol. The van der Waals surface area contributed by atoms with Crippen LogP contribution in [0, 0.1) is 9.39 Å². The summed E-state index contributed by atoms with van der Waals surface area (Å²) in [5, 5.41) is 9.76. The number of benzene rings is 1. The maximum absolute atomic E-state index is 12.8. The van der Waals surface area contributed by atoms with Gasteiger partial charge in [0.1, 0.15) is 5.82 Å². The monoisotopic (exact) mass is 306 g/mol. The van der Waals surface area contributed by atoms with Crippen LogP contribution in [0.5, 0.6) is 0 Å². The second-order valence-corrected chi connectivity index (χ2v) is 4.52. The van der Waals surface area contributed by atoms with E-state index in [0.29, 0.717) is 0 Å². The minimum atomic E-state index is -0.646. The Bertz CT molecular complexity index is 356. The van der Waals surface area contributed by atoms with Crippen LogP contribution < -0.4 is 0 Å². The number of hydrogen-bond acceptors (Lipinski definition) is 1. The molecule has 0 heterocycles. The summed E-state index contributed by atoms with van der Waals surface area (Å²) in [6, 6.07) is 4.39. The number of hydrogen-bond donors (Lipinski definition) is 1. The van der Waals surface area contributed by atoms with Gasteiger partial charge in [0.05, 0.1) is 6.10 Å². The van der Waals surface area contributed by atoms with Crippen molar-refractivity contribution in [1.82, 2.24) is 0 Å². The van der Waals surface area contributed by atoms with Crippen LogP contribution in [0.25, 0.3) is 0 Å². The molecule has 76 valence electrons. The van der Waals surface area contributed by atoms with Gasteiger partial charge in [0.15, 0.2) is 0 Å². The highest BCUT2D eigenvalue weighted by molar-refractivity contribution is 14.1. The van der Waals surface area contributed by atoms with E-state index in [1.165, 1.54) is 12.1 Å².